The van der Waals surface area contributed by atoms with Gasteiger partial charge in [0.05, 0.1) is 0 Å². The van der Waals surface area contributed by atoms with E-state index in [0.29, 0.717) is 6.04 Å². The van der Waals surface area contributed by atoms with Gasteiger partial charge in [-0.05, 0) is 49.7 Å². The predicted molar refractivity (Wildman–Crippen MR) is 75.6 cm³/mol. The minimum absolute atomic E-state index is 0.560. The zero-order valence-electron chi connectivity index (χ0n) is 10.6. The second kappa shape index (κ2) is 6.41. The molecule has 0 bridgehead atoms. The van der Waals surface area contributed by atoms with Gasteiger partial charge in [-0.25, -0.2) is 0 Å². The lowest BCUT2D eigenvalue weighted by molar-refractivity contribution is 0.250. The van der Waals surface area contributed by atoms with Crippen molar-refractivity contribution in [3.8, 4) is 0 Å². The van der Waals surface area contributed by atoms with Crippen molar-refractivity contribution in [1.82, 2.24) is 9.88 Å². The molecule has 17 heavy (non-hydrogen) atoms. The number of rotatable bonds is 3. The first kappa shape index (κ1) is 12.9. The van der Waals surface area contributed by atoms with E-state index in [-0.39, 0.29) is 0 Å². The number of thiol groups is 1. The summed E-state index contributed by atoms with van der Waals surface area (Å²) in [6.07, 6.45) is 10.3. The summed E-state index contributed by atoms with van der Waals surface area (Å²) < 4.78 is 0. The fourth-order valence-corrected chi connectivity index (χ4v) is 2.89. The van der Waals surface area contributed by atoms with Crippen LogP contribution in [-0.4, -0.2) is 29.2 Å². The van der Waals surface area contributed by atoms with E-state index in [9.17, 15) is 0 Å². The Balaban J connectivity index is 2.16. The van der Waals surface area contributed by atoms with Gasteiger partial charge in [0.2, 0.25) is 0 Å². The first-order chi connectivity index (χ1) is 8.31. The van der Waals surface area contributed by atoms with E-state index in [1.165, 1.54) is 43.4 Å². The summed E-state index contributed by atoms with van der Waals surface area (Å²) in [6.45, 7) is 1.21. The molecule has 1 aliphatic rings. The van der Waals surface area contributed by atoms with E-state index in [0.717, 1.165) is 12.2 Å². The summed E-state index contributed by atoms with van der Waals surface area (Å²) in [5.41, 5.74) is 2.70. The van der Waals surface area contributed by atoms with Gasteiger partial charge in [0.25, 0.3) is 0 Å². The molecule has 0 unspecified atom stereocenters. The van der Waals surface area contributed by atoms with Crippen molar-refractivity contribution in [2.45, 2.75) is 38.1 Å². The molecule has 1 atom stereocenters. The molecule has 1 fully saturated rings. The van der Waals surface area contributed by atoms with Crippen molar-refractivity contribution in [2.24, 2.45) is 0 Å². The number of aromatic nitrogens is 1. The maximum absolute atomic E-state index is 4.38. The van der Waals surface area contributed by atoms with Crippen LogP contribution in [0.25, 0.3) is 0 Å². The second-order valence-electron chi connectivity index (χ2n) is 4.95. The molecule has 0 amide bonds. The summed E-state index contributed by atoms with van der Waals surface area (Å²) in [4.78, 5) is 6.86. The number of likely N-dealkylation sites (tertiary alicyclic amines) is 1. The summed E-state index contributed by atoms with van der Waals surface area (Å²) in [5.74, 6) is 0.894. The topological polar surface area (TPSA) is 16.1 Å². The molecule has 1 aromatic heterocycles. The van der Waals surface area contributed by atoms with Crippen LogP contribution in [0.3, 0.4) is 0 Å². The summed E-state index contributed by atoms with van der Waals surface area (Å²) in [6, 6.07) is 2.88. The van der Waals surface area contributed by atoms with Gasteiger partial charge in [-0.2, -0.15) is 12.6 Å². The van der Waals surface area contributed by atoms with Crippen LogP contribution in [0.5, 0.6) is 0 Å². The first-order valence-electron chi connectivity index (χ1n) is 6.56. The van der Waals surface area contributed by atoms with Gasteiger partial charge in [-0.1, -0.05) is 18.9 Å². The van der Waals surface area contributed by atoms with Crippen LogP contribution in [0.15, 0.2) is 18.5 Å². The Labute approximate surface area is 110 Å². The zero-order chi connectivity index (χ0) is 12.1. The minimum atomic E-state index is 0.560. The van der Waals surface area contributed by atoms with E-state index in [2.05, 4.69) is 35.6 Å². The highest BCUT2D eigenvalue weighted by Crippen LogP contribution is 2.28. The normalized spacial score (nSPS) is 22.4. The lowest BCUT2D eigenvalue weighted by Crippen LogP contribution is -2.24. The molecule has 94 valence electrons. The molecule has 3 heteroatoms. The lowest BCUT2D eigenvalue weighted by Gasteiger charge is -2.26. The van der Waals surface area contributed by atoms with Crippen LogP contribution in [0.4, 0.5) is 0 Å². The van der Waals surface area contributed by atoms with Gasteiger partial charge >= 0.3 is 0 Å². The van der Waals surface area contributed by atoms with Crippen molar-refractivity contribution in [2.75, 3.05) is 19.3 Å². The Bertz CT molecular complexity index is 354. The third-order valence-corrected chi connectivity index (χ3v) is 3.85. The Hall–Kier alpha value is -0.540. The van der Waals surface area contributed by atoms with E-state index in [4.69, 9.17) is 0 Å². The molecule has 0 radical (unpaired) electrons. The van der Waals surface area contributed by atoms with Gasteiger partial charge in [-0.3, -0.25) is 9.88 Å². The summed E-state index contributed by atoms with van der Waals surface area (Å²) >= 11 is 4.29. The Morgan fingerprint density at radius 1 is 1.35 bits per heavy atom. The van der Waals surface area contributed by atoms with E-state index in [1.807, 2.05) is 12.4 Å². The van der Waals surface area contributed by atoms with Gasteiger partial charge < -0.3 is 0 Å². The number of hydrogen-bond acceptors (Lipinski definition) is 3. The molecule has 0 spiro atoms. The van der Waals surface area contributed by atoms with Gasteiger partial charge in [-0.15, -0.1) is 0 Å². The van der Waals surface area contributed by atoms with Gasteiger partial charge in [0.1, 0.15) is 0 Å². The Kier molecular flexibility index (Phi) is 4.86. The molecule has 2 rings (SSSR count). The van der Waals surface area contributed by atoms with Crippen LogP contribution in [-0.2, 0) is 6.42 Å². The third-order valence-electron chi connectivity index (χ3n) is 3.62. The molecule has 0 aromatic carbocycles. The van der Waals surface area contributed by atoms with Crippen molar-refractivity contribution in [3.05, 3.63) is 29.6 Å². The van der Waals surface area contributed by atoms with Crippen molar-refractivity contribution in [1.29, 1.82) is 0 Å². The monoisotopic (exact) mass is 250 g/mol. The predicted octanol–water partition coefficient (Wildman–Crippen LogP) is 3.10. The molecule has 1 saturated heterocycles. The Morgan fingerprint density at radius 3 is 3.06 bits per heavy atom. The van der Waals surface area contributed by atoms with E-state index in [1.54, 1.807) is 0 Å². The van der Waals surface area contributed by atoms with Crippen LogP contribution in [0, 0.1) is 0 Å². The highest BCUT2D eigenvalue weighted by atomic mass is 32.1. The van der Waals surface area contributed by atoms with Crippen LogP contribution < -0.4 is 0 Å². The minimum Gasteiger partial charge on any atom is -0.299 e. The summed E-state index contributed by atoms with van der Waals surface area (Å²) in [5, 5.41) is 0. The van der Waals surface area contributed by atoms with E-state index >= 15 is 0 Å². The SMILES string of the molecule is CN1CCCCC[C@H]1c1cncc(CCS)c1. The third kappa shape index (κ3) is 3.46. The van der Waals surface area contributed by atoms with Crippen LogP contribution in [0.1, 0.15) is 42.9 Å². The first-order valence-corrected chi connectivity index (χ1v) is 7.19. The lowest BCUT2D eigenvalue weighted by atomic mass is 10.0. The number of nitrogens with zero attached hydrogens (tertiary/aromatic N) is 2. The average molecular weight is 250 g/mol. The molecule has 1 aliphatic heterocycles. The van der Waals surface area contributed by atoms with Crippen molar-refractivity contribution < 1.29 is 0 Å². The molecular weight excluding hydrogens is 228 g/mol. The standard InChI is InChI=1S/C14H22N2S/c1-16-7-4-2-3-5-14(16)13-9-12(6-8-17)10-15-11-13/h9-11,14,17H,2-8H2,1H3/t14-/m0/s1. The number of pyridine rings is 1. The van der Waals surface area contributed by atoms with Gasteiger partial charge in [0.15, 0.2) is 0 Å². The fraction of sp³-hybridized carbons (Fsp3) is 0.643. The molecule has 1 aromatic rings. The number of aryl methyl sites for hydroxylation is 1. The molecule has 2 nitrogen and oxygen atoms in total. The summed E-state index contributed by atoms with van der Waals surface area (Å²) in [7, 11) is 2.24. The second-order valence-corrected chi connectivity index (χ2v) is 5.39. The molecular formula is C14H22N2S. The van der Waals surface area contributed by atoms with Gasteiger partial charge in [0, 0.05) is 18.4 Å². The van der Waals surface area contributed by atoms with Crippen LogP contribution in [0.2, 0.25) is 0 Å². The molecule has 0 saturated carbocycles. The molecule has 2 heterocycles. The quantitative estimate of drug-likeness (QED) is 0.830. The zero-order valence-corrected chi connectivity index (χ0v) is 11.5. The maximum Gasteiger partial charge on any atom is 0.0360 e. The average Bonchev–Trinajstić information content (AvgIpc) is 2.55. The highest BCUT2D eigenvalue weighted by Gasteiger charge is 2.19. The number of hydrogen-bond donors (Lipinski definition) is 1. The van der Waals surface area contributed by atoms with Crippen LogP contribution >= 0.6 is 12.6 Å². The largest absolute Gasteiger partial charge is 0.299 e. The Morgan fingerprint density at radius 2 is 2.24 bits per heavy atom. The highest BCUT2D eigenvalue weighted by molar-refractivity contribution is 7.80. The fourth-order valence-electron chi connectivity index (χ4n) is 2.63. The van der Waals surface area contributed by atoms with E-state index < -0.39 is 0 Å². The van der Waals surface area contributed by atoms with Crippen molar-refractivity contribution >= 4 is 12.6 Å². The molecule has 0 N–H and O–H groups in total. The maximum atomic E-state index is 4.38. The molecule has 0 aliphatic carbocycles. The van der Waals surface area contributed by atoms with Crippen molar-refractivity contribution in [3.63, 3.8) is 0 Å². The smallest absolute Gasteiger partial charge is 0.0360 e.